The molecule has 0 spiro atoms. The summed E-state index contributed by atoms with van der Waals surface area (Å²) in [6.45, 7) is 3.90. The average Bonchev–Trinajstić information content (AvgIpc) is 2.67. The highest BCUT2D eigenvalue weighted by Crippen LogP contribution is 2.15. The first-order valence-corrected chi connectivity index (χ1v) is 9.97. The summed E-state index contributed by atoms with van der Waals surface area (Å²) in [6.07, 6.45) is 0. The highest BCUT2D eigenvalue weighted by atomic mass is 127. The Bertz CT molecular complexity index is 741. The van der Waals surface area contributed by atoms with Gasteiger partial charge in [-0.05, 0) is 30.7 Å². The first kappa shape index (κ1) is 23.4. The molecule has 0 aromatic heterocycles. The van der Waals surface area contributed by atoms with Gasteiger partial charge in [0.15, 0.2) is 5.96 Å². The fourth-order valence-electron chi connectivity index (χ4n) is 2.45. The second-order valence-electron chi connectivity index (χ2n) is 5.87. The van der Waals surface area contributed by atoms with Gasteiger partial charge in [0.1, 0.15) is 12.4 Å². The maximum atomic E-state index is 12.2. The Kier molecular flexibility index (Phi) is 11.0. The van der Waals surface area contributed by atoms with Gasteiger partial charge in [-0.25, -0.2) is 0 Å². The van der Waals surface area contributed by atoms with Crippen molar-refractivity contribution in [1.82, 2.24) is 10.2 Å². The molecule has 0 fully saturated rings. The number of aryl methyl sites for hydroxylation is 1. The summed E-state index contributed by atoms with van der Waals surface area (Å²) < 4.78 is 18.1. The molecular formula is C20H28IN3O2S. The summed E-state index contributed by atoms with van der Waals surface area (Å²) in [6, 6.07) is 17.5. The van der Waals surface area contributed by atoms with Crippen molar-refractivity contribution in [3.8, 4) is 5.75 Å². The number of halogens is 1. The summed E-state index contributed by atoms with van der Waals surface area (Å²) >= 11 is 0. The highest BCUT2D eigenvalue weighted by Gasteiger charge is 2.08. The smallest absolute Gasteiger partial charge is 0.193 e. The molecule has 0 amide bonds. The molecule has 0 radical (unpaired) electrons. The molecule has 148 valence electrons. The van der Waals surface area contributed by atoms with Gasteiger partial charge in [-0.3, -0.25) is 9.20 Å². The van der Waals surface area contributed by atoms with Crippen LogP contribution in [-0.2, 0) is 10.8 Å². The number of para-hydroxylation sites is 1. The zero-order valence-electron chi connectivity index (χ0n) is 16.1. The third-order valence-electron chi connectivity index (χ3n) is 3.93. The molecule has 0 aliphatic rings. The van der Waals surface area contributed by atoms with E-state index in [4.69, 9.17) is 4.74 Å². The first-order valence-electron chi connectivity index (χ1n) is 8.65. The minimum Gasteiger partial charge on any atom is -0.491 e. The Morgan fingerprint density at radius 1 is 1.15 bits per heavy atom. The predicted molar refractivity (Wildman–Crippen MR) is 124 cm³/mol. The van der Waals surface area contributed by atoms with E-state index in [1.807, 2.05) is 73.5 Å². The third kappa shape index (κ3) is 7.88. The lowest BCUT2D eigenvalue weighted by molar-refractivity contribution is 0.280. The van der Waals surface area contributed by atoms with Crippen LogP contribution >= 0.6 is 24.0 Å². The number of guanidine groups is 1. The molecule has 0 saturated carbocycles. The lowest BCUT2D eigenvalue weighted by Crippen LogP contribution is -2.42. The number of nitrogens with zero attached hydrogens (tertiary/aromatic N) is 2. The summed E-state index contributed by atoms with van der Waals surface area (Å²) in [7, 11) is 2.70. The summed E-state index contributed by atoms with van der Waals surface area (Å²) in [5, 5.41) is 3.26. The topological polar surface area (TPSA) is 53.9 Å². The molecule has 0 saturated heterocycles. The molecule has 1 N–H and O–H groups in total. The SMILES string of the molecule is CN=C(NCCS(=O)c1ccccc1)N(C)CCOc1ccccc1C.I. The maximum Gasteiger partial charge on any atom is 0.193 e. The van der Waals surface area contributed by atoms with E-state index < -0.39 is 10.8 Å². The lowest BCUT2D eigenvalue weighted by atomic mass is 10.2. The van der Waals surface area contributed by atoms with Crippen molar-refractivity contribution in [3.05, 3.63) is 60.2 Å². The van der Waals surface area contributed by atoms with E-state index in [0.717, 1.165) is 22.2 Å². The molecule has 0 aliphatic carbocycles. The van der Waals surface area contributed by atoms with Crippen molar-refractivity contribution in [1.29, 1.82) is 0 Å². The van der Waals surface area contributed by atoms with Crippen molar-refractivity contribution in [2.75, 3.05) is 39.5 Å². The van der Waals surface area contributed by atoms with Crippen molar-refractivity contribution >= 4 is 40.7 Å². The minimum absolute atomic E-state index is 0. The molecule has 7 heteroatoms. The van der Waals surface area contributed by atoms with Gasteiger partial charge in [-0.1, -0.05) is 36.4 Å². The molecule has 1 unspecified atom stereocenters. The van der Waals surface area contributed by atoms with Crippen molar-refractivity contribution < 1.29 is 8.95 Å². The number of aliphatic imine (C=N–C) groups is 1. The van der Waals surface area contributed by atoms with Crippen LogP contribution in [0.3, 0.4) is 0 Å². The van der Waals surface area contributed by atoms with Crippen LogP contribution < -0.4 is 10.1 Å². The molecule has 1 atom stereocenters. The van der Waals surface area contributed by atoms with Crippen LogP contribution in [0.2, 0.25) is 0 Å². The van der Waals surface area contributed by atoms with Gasteiger partial charge in [-0.2, -0.15) is 0 Å². The van der Waals surface area contributed by atoms with Crippen molar-refractivity contribution in [2.24, 2.45) is 4.99 Å². The zero-order chi connectivity index (χ0) is 18.8. The summed E-state index contributed by atoms with van der Waals surface area (Å²) in [5.74, 6) is 2.21. The molecule has 0 bridgehead atoms. The van der Waals surface area contributed by atoms with Crippen molar-refractivity contribution in [2.45, 2.75) is 11.8 Å². The van der Waals surface area contributed by atoms with Crippen LogP contribution in [0.25, 0.3) is 0 Å². The van der Waals surface area contributed by atoms with Crippen LogP contribution in [0.1, 0.15) is 5.56 Å². The molecular weight excluding hydrogens is 473 g/mol. The van der Waals surface area contributed by atoms with Gasteiger partial charge in [0.05, 0.1) is 17.3 Å². The van der Waals surface area contributed by atoms with E-state index in [1.165, 1.54) is 0 Å². The Balaban J connectivity index is 0.00000364. The number of hydrogen-bond acceptors (Lipinski definition) is 3. The third-order valence-corrected chi connectivity index (χ3v) is 5.30. The monoisotopic (exact) mass is 501 g/mol. The van der Waals surface area contributed by atoms with E-state index in [-0.39, 0.29) is 24.0 Å². The van der Waals surface area contributed by atoms with Crippen molar-refractivity contribution in [3.63, 3.8) is 0 Å². The van der Waals surface area contributed by atoms with E-state index in [0.29, 0.717) is 25.4 Å². The quantitative estimate of drug-likeness (QED) is 0.343. The molecule has 2 aromatic rings. The number of benzene rings is 2. The second kappa shape index (κ2) is 12.7. The molecule has 2 aromatic carbocycles. The van der Waals surface area contributed by atoms with Gasteiger partial charge in [0.2, 0.25) is 0 Å². The normalized spacial score (nSPS) is 12.0. The summed E-state index contributed by atoms with van der Waals surface area (Å²) in [5.41, 5.74) is 1.13. The number of ether oxygens (including phenoxy) is 1. The molecule has 5 nitrogen and oxygen atoms in total. The van der Waals surface area contributed by atoms with Crippen LogP contribution in [-0.4, -0.2) is 54.6 Å². The predicted octanol–water partition coefficient (Wildman–Crippen LogP) is 3.31. The largest absolute Gasteiger partial charge is 0.491 e. The van der Waals surface area contributed by atoms with Crippen LogP contribution in [0.5, 0.6) is 5.75 Å². The molecule has 0 heterocycles. The van der Waals surface area contributed by atoms with Gasteiger partial charge in [-0.15, -0.1) is 24.0 Å². The standard InChI is InChI=1S/C20H27N3O2S.HI/c1-17-9-7-8-12-19(17)25-15-14-23(3)20(21-2)22-13-16-26(24)18-10-5-4-6-11-18;/h4-12H,13-16H2,1-3H3,(H,21,22);1H. The average molecular weight is 501 g/mol. The van der Waals surface area contributed by atoms with Gasteiger partial charge in [0, 0.05) is 31.3 Å². The Hall–Kier alpha value is -1.61. The van der Waals surface area contributed by atoms with E-state index in [1.54, 1.807) is 7.05 Å². The lowest BCUT2D eigenvalue weighted by Gasteiger charge is -2.22. The molecule has 0 aliphatic heterocycles. The van der Waals surface area contributed by atoms with Gasteiger partial charge in [0.25, 0.3) is 0 Å². The van der Waals surface area contributed by atoms with Crippen LogP contribution in [0.4, 0.5) is 0 Å². The van der Waals surface area contributed by atoms with Crippen LogP contribution in [0, 0.1) is 6.92 Å². The van der Waals surface area contributed by atoms with Crippen LogP contribution in [0.15, 0.2) is 64.5 Å². The second-order valence-corrected chi connectivity index (χ2v) is 7.44. The van der Waals surface area contributed by atoms with E-state index >= 15 is 0 Å². The number of rotatable bonds is 8. The van der Waals surface area contributed by atoms with E-state index in [2.05, 4.69) is 10.3 Å². The highest BCUT2D eigenvalue weighted by molar-refractivity contribution is 14.0. The minimum atomic E-state index is -1.01. The fourth-order valence-corrected chi connectivity index (χ4v) is 3.43. The number of hydrogen-bond donors (Lipinski definition) is 1. The fraction of sp³-hybridized carbons (Fsp3) is 0.350. The Morgan fingerprint density at radius 3 is 2.48 bits per heavy atom. The maximum absolute atomic E-state index is 12.2. The number of nitrogens with one attached hydrogen (secondary N) is 1. The van der Waals surface area contributed by atoms with E-state index in [9.17, 15) is 4.21 Å². The van der Waals surface area contributed by atoms with Gasteiger partial charge >= 0.3 is 0 Å². The zero-order valence-corrected chi connectivity index (χ0v) is 19.2. The Labute approximate surface area is 181 Å². The molecule has 27 heavy (non-hydrogen) atoms. The summed E-state index contributed by atoms with van der Waals surface area (Å²) in [4.78, 5) is 7.13. The molecule has 2 rings (SSSR count). The Morgan fingerprint density at radius 2 is 1.81 bits per heavy atom. The van der Waals surface area contributed by atoms with Gasteiger partial charge < -0.3 is 15.0 Å². The first-order chi connectivity index (χ1) is 12.6. The number of likely N-dealkylation sites (N-methyl/N-ethyl adjacent to an activating group) is 1.